The highest BCUT2D eigenvalue weighted by molar-refractivity contribution is 5.77. The third-order valence-corrected chi connectivity index (χ3v) is 12.4. The van der Waals surface area contributed by atoms with Gasteiger partial charge in [0, 0.05) is 6.42 Å². The summed E-state index contributed by atoms with van der Waals surface area (Å²) in [5.74, 6) is -0.511. The van der Waals surface area contributed by atoms with E-state index >= 15 is 0 Å². The molecule has 0 aromatic rings. The summed E-state index contributed by atoms with van der Waals surface area (Å²) in [6.45, 7) is 6.45. The van der Waals surface area contributed by atoms with Crippen LogP contribution in [0.15, 0.2) is 48.6 Å². The van der Waals surface area contributed by atoms with Crippen LogP contribution in [0.2, 0.25) is 0 Å². The fourth-order valence-electron chi connectivity index (χ4n) is 8.20. The normalized spacial score (nSPS) is 13.5. The molecule has 0 spiro atoms. The van der Waals surface area contributed by atoms with Crippen LogP contribution in [0.25, 0.3) is 0 Å². The van der Waals surface area contributed by atoms with Crippen LogP contribution < -0.4 is 5.32 Å². The van der Waals surface area contributed by atoms with E-state index in [0.29, 0.717) is 19.3 Å². The van der Waals surface area contributed by atoms with Crippen LogP contribution in [0, 0.1) is 0 Å². The van der Waals surface area contributed by atoms with Gasteiger partial charge in [-0.25, -0.2) is 0 Å². The molecule has 6 nitrogen and oxygen atoms in total. The number of aliphatic hydroxyl groups is 2. The smallest absolute Gasteiger partial charge is 0.306 e. The molecular formula is C57H105NO5. The first kappa shape index (κ1) is 60.8. The van der Waals surface area contributed by atoms with Crippen molar-refractivity contribution in [1.29, 1.82) is 0 Å². The van der Waals surface area contributed by atoms with Gasteiger partial charge >= 0.3 is 5.97 Å². The van der Waals surface area contributed by atoms with E-state index in [9.17, 15) is 19.8 Å². The van der Waals surface area contributed by atoms with Crippen molar-refractivity contribution in [3.8, 4) is 0 Å². The highest BCUT2D eigenvalue weighted by atomic mass is 16.5. The second-order valence-corrected chi connectivity index (χ2v) is 18.6. The topological polar surface area (TPSA) is 95.9 Å². The summed E-state index contributed by atoms with van der Waals surface area (Å²) in [6.07, 6.45) is 61.7. The summed E-state index contributed by atoms with van der Waals surface area (Å²) >= 11 is 0. The zero-order valence-corrected chi connectivity index (χ0v) is 42.0. The van der Waals surface area contributed by atoms with Crippen molar-refractivity contribution in [2.75, 3.05) is 6.61 Å². The SMILES string of the molecule is CCCCC/C=C\C/C=C\C/C=C\CCCCCCCCC(=O)OC(CCC/C=C\CCCCCCCC)CC(=O)NC(CO)C(O)CCCCCCCCCCCCCCCC. The van der Waals surface area contributed by atoms with Gasteiger partial charge in [-0.2, -0.15) is 0 Å². The molecule has 0 aliphatic heterocycles. The van der Waals surface area contributed by atoms with E-state index in [1.54, 1.807) is 0 Å². The van der Waals surface area contributed by atoms with Crippen molar-refractivity contribution in [1.82, 2.24) is 5.32 Å². The Hall–Kier alpha value is -2.18. The number of carbonyl (C=O) groups is 2. The maximum absolute atomic E-state index is 13.2. The van der Waals surface area contributed by atoms with Gasteiger partial charge in [-0.1, -0.05) is 230 Å². The summed E-state index contributed by atoms with van der Waals surface area (Å²) in [6, 6.07) is -0.712. The van der Waals surface area contributed by atoms with Crippen molar-refractivity contribution < 1.29 is 24.5 Å². The lowest BCUT2D eigenvalue weighted by Gasteiger charge is -2.24. The fourth-order valence-corrected chi connectivity index (χ4v) is 8.20. The zero-order valence-electron chi connectivity index (χ0n) is 42.0. The first-order chi connectivity index (χ1) is 31.0. The van der Waals surface area contributed by atoms with Gasteiger partial charge in [0.25, 0.3) is 0 Å². The molecule has 1 amide bonds. The number of ether oxygens (including phenoxy) is 1. The largest absolute Gasteiger partial charge is 0.462 e. The molecule has 63 heavy (non-hydrogen) atoms. The third kappa shape index (κ3) is 46.2. The first-order valence-electron chi connectivity index (χ1n) is 27.4. The van der Waals surface area contributed by atoms with Gasteiger partial charge in [0.2, 0.25) is 5.91 Å². The monoisotopic (exact) mass is 884 g/mol. The lowest BCUT2D eigenvalue weighted by atomic mass is 10.0. The number of nitrogens with one attached hydrogen (secondary N) is 1. The number of hydrogen-bond acceptors (Lipinski definition) is 5. The molecule has 0 aromatic carbocycles. The number of esters is 1. The third-order valence-electron chi connectivity index (χ3n) is 12.4. The Morgan fingerprint density at radius 3 is 1.30 bits per heavy atom. The predicted octanol–water partition coefficient (Wildman–Crippen LogP) is 16.6. The number of unbranched alkanes of at least 4 members (excludes halogenated alkanes) is 29. The molecule has 0 bridgehead atoms. The predicted molar refractivity (Wildman–Crippen MR) is 273 cm³/mol. The average Bonchev–Trinajstić information content (AvgIpc) is 3.28. The molecule has 0 rings (SSSR count). The Balaban J connectivity index is 4.53. The van der Waals surface area contributed by atoms with Crippen molar-refractivity contribution in [2.45, 2.75) is 296 Å². The molecule has 0 aliphatic rings. The van der Waals surface area contributed by atoms with Crippen LogP contribution in [0.5, 0.6) is 0 Å². The summed E-state index contributed by atoms with van der Waals surface area (Å²) in [5.41, 5.74) is 0. The molecule has 3 unspecified atom stereocenters. The van der Waals surface area contributed by atoms with Crippen LogP contribution in [0.1, 0.15) is 278 Å². The maximum Gasteiger partial charge on any atom is 0.306 e. The highest BCUT2D eigenvalue weighted by Crippen LogP contribution is 2.17. The maximum atomic E-state index is 13.2. The zero-order chi connectivity index (χ0) is 45.9. The number of carbonyl (C=O) groups excluding carboxylic acids is 2. The number of allylic oxidation sites excluding steroid dienone is 8. The molecule has 0 aliphatic carbocycles. The molecule has 0 heterocycles. The Bertz CT molecular complexity index is 1080. The second-order valence-electron chi connectivity index (χ2n) is 18.6. The molecule has 3 N–H and O–H groups in total. The minimum atomic E-state index is -0.796. The van der Waals surface area contributed by atoms with Crippen LogP contribution in [-0.4, -0.2) is 46.9 Å². The quantitative estimate of drug-likeness (QED) is 0.0321. The van der Waals surface area contributed by atoms with E-state index < -0.39 is 18.2 Å². The van der Waals surface area contributed by atoms with Gasteiger partial charge in [-0.15, -0.1) is 0 Å². The van der Waals surface area contributed by atoms with Crippen molar-refractivity contribution >= 4 is 11.9 Å². The van der Waals surface area contributed by atoms with E-state index in [1.165, 1.54) is 154 Å². The average molecular weight is 884 g/mol. The Morgan fingerprint density at radius 2 is 0.825 bits per heavy atom. The molecule has 0 saturated carbocycles. The number of rotatable bonds is 49. The molecular weight excluding hydrogens is 779 g/mol. The second kappa shape index (κ2) is 50.8. The molecule has 0 saturated heterocycles. The highest BCUT2D eigenvalue weighted by Gasteiger charge is 2.24. The molecule has 6 heteroatoms. The van der Waals surface area contributed by atoms with Gasteiger partial charge in [0.05, 0.1) is 25.2 Å². The van der Waals surface area contributed by atoms with Crippen LogP contribution in [-0.2, 0) is 14.3 Å². The van der Waals surface area contributed by atoms with E-state index in [2.05, 4.69) is 74.7 Å². The summed E-state index contributed by atoms with van der Waals surface area (Å²) in [4.78, 5) is 26.2. The van der Waals surface area contributed by atoms with Crippen molar-refractivity contribution in [3.05, 3.63) is 48.6 Å². The van der Waals surface area contributed by atoms with E-state index in [4.69, 9.17) is 4.74 Å². The van der Waals surface area contributed by atoms with E-state index in [-0.39, 0.29) is 24.9 Å². The molecule has 3 atom stereocenters. The van der Waals surface area contributed by atoms with Gasteiger partial charge in [0.15, 0.2) is 0 Å². The minimum absolute atomic E-state index is 0.0521. The van der Waals surface area contributed by atoms with Crippen molar-refractivity contribution in [3.63, 3.8) is 0 Å². The molecule has 0 fully saturated rings. The standard InChI is InChI=1S/C57H105NO5/c1-4-7-10-13-16-19-22-24-26-27-28-29-30-32-35-38-41-44-47-50-57(62)63-53(48-45-42-39-36-33-21-18-15-12-9-6-3)51-56(61)58-54(52-59)55(60)49-46-43-40-37-34-31-25-23-20-17-14-11-8-5-2/h16,19,24,26,28-29,36,39,53-55,59-60H,4-15,17-18,20-23,25,27,30-35,37-38,40-52H2,1-3H3,(H,58,61)/b19-16-,26-24-,29-28-,39-36-. The van der Waals surface area contributed by atoms with E-state index in [0.717, 1.165) is 77.0 Å². The summed E-state index contributed by atoms with van der Waals surface area (Å²) < 4.78 is 5.92. The molecule has 368 valence electrons. The lowest BCUT2D eigenvalue weighted by molar-refractivity contribution is -0.151. The Labute approximate surface area is 391 Å². The van der Waals surface area contributed by atoms with Gasteiger partial charge < -0.3 is 20.3 Å². The van der Waals surface area contributed by atoms with Gasteiger partial charge in [-0.3, -0.25) is 9.59 Å². The fraction of sp³-hybridized carbons (Fsp3) is 0.825. The lowest BCUT2D eigenvalue weighted by Crippen LogP contribution is -2.46. The van der Waals surface area contributed by atoms with Crippen LogP contribution in [0.4, 0.5) is 0 Å². The van der Waals surface area contributed by atoms with Crippen molar-refractivity contribution in [2.24, 2.45) is 0 Å². The summed E-state index contributed by atoms with van der Waals surface area (Å²) in [5, 5.41) is 23.8. The number of aliphatic hydroxyl groups excluding tert-OH is 2. The van der Waals surface area contributed by atoms with E-state index in [1.807, 2.05) is 0 Å². The first-order valence-corrected chi connectivity index (χ1v) is 27.4. The number of amides is 1. The van der Waals surface area contributed by atoms with Crippen LogP contribution >= 0.6 is 0 Å². The Kier molecular flexibility index (Phi) is 49.1. The van der Waals surface area contributed by atoms with Crippen LogP contribution in [0.3, 0.4) is 0 Å². The van der Waals surface area contributed by atoms with Gasteiger partial charge in [0.1, 0.15) is 6.10 Å². The summed E-state index contributed by atoms with van der Waals surface area (Å²) in [7, 11) is 0. The molecule has 0 radical (unpaired) electrons. The Morgan fingerprint density at radius 1 is 0.460 bits per heavy atom. The number of hydrogen-bond donors (Lipinski definition) is 3. The van der Waals surface area contributed by atoms with Gasteiger partial charge in [-0.05, 0) is 83.5 Å². The minimum Gasteiger partial charge on any atom is -0.462 e. The molecule has 0 aromatic heterocycles.